The van der Waals surface area contributed by atoms with Crippen molar-refractivity contribution in [1.29, 1.82) is 0 Å². The molecule has 0 N–H and O–H groups in total. The molecule has 0 aromatic carbocycles. The third-order valence-corrected chi connectivity index (χ3v) is 3.42. The molecule has 1 nitrogen and oxygen atoms in total. The number of nitrogens with zero attached hydrogens (tertiary/aromatic N) is 1. The minimum atomic E-state index is 0.743. The molecule has 1 atom stereocenters. The van der Waals surface area contributed by atoms with Crippen LogP contribution in [0.1, 0.15) is 67.7 Å². The summed E-state index contributed by atoms with van der Waals surface area (Å²) in [6.07, 6.45) is 4.00. The molecule has 0 rings (SSSR count). The number of rotatable bonds is 9. The third kappa shape index (κ3) is 9.64. The van der Waals surface area contributed by atoms with E-state index in [1.54, 1.807) is 0 Å². The van der Waals surface area contributed by atoms with Gasteiger partial charge in [0.25, 0.3) is 0 Å². The van der Waals surface area contributed by atoms with Crippen LogP contribution in [0.25, 0.3) is 0 Å². The van der Waals surface area contributed by atoms with Gasteiger partial charge in [0.2, 0.25) is 0 Å². The highest BCUT2D eigenvalue weighted by Crippen LogP contribution is 2.15. The summed E-state index contributed by atoms with van der Waals surface area (Å²) in [5.74, 6) is 2.45. The first-order chi connectivity index (χ1) is 7.82. The van der Waals surface area contributed by atoms with Crippen LogP contribution in [-0.2, 0) is 0 Å². The van der Waals surface area contributed by atoms with E-state index in [1.165, 1.54) is 32.4 Å². The van der Waals surface area contributed by atoms with Crippen LogP contribution < -0.4 is 0 Å². The average molecular weight is 241 g/mol. The number of hydrogen-bond donors (Lipinski definition) is 0. The zero-order valence-electron chi connectivity index (χ0n) is 13.3. The summed E-state index contributed by atoms with van der Waals surface area (Å²) in [6.45, 7) is 18.9. The maximum absolute atomic E-state index is 2.71. The molecule has 0 aliphatic heterocycles. The Bertz CT molecular complexity index is 160. The van der Waals surface area contributed by atoms with Gasteiger partial charge in [0, 0.05) is 6.04 Å². The van der Waals surface area contributed by atoms with Gasteiger partial charge in [-0.3, -0.25) is 0 Å². The molecule has 0 aromatic rings. The topological polar surface area (TPSA) is 3.24 Å². The Morgan fingerprint density at radius 1 is 0.647 bits per heavy atom. The van der Waals surface area contributed by atoms with E-state index >= 15 is 0 Å². The van der Waals surface area contributed by atoms with Crippen LogP contribution in [0.4, 0.5) is 0 Å². The molecule has 0 fully saturated rings. The molecule has 0 saturated heterocycles. The first-order valence-electron chi connectivity index (χ1n) is 7.57. The predicted octanol–water partition coefficient (Wildman–Crippen LogP) is 4.82. The normalized spacial score (nSPS) is 14.3. The van der Waals surface area contributed by atoms with E-state index in [9.17, 15) is 0 Å². The Morgan fingerprint density at radius 3 is 1.35 bits per heavy atom. The van der Waals surface area contributed by atoms with E-state index in [4.69, 9.17) is 0 Å². The van der Waals surface area contributed by atoms with Crippen LogP contribution in [0, 0.1) is 17.8 Å². The summed E-state index contributed by atoms with van der Waals surface area (Å²) in [7, 11) is 0. The summed E-state index contributed by atoms with van der Waals surface area (Å²) < 4.78 is 0. The van der Waals surface area contributed by atoms with Crippen molar-refractivity contribution in [3.05, 3.63) is 0 Å². The van der Waals surface area contributed by atoms with Crippen molar-refractivity contribution in [3.63, 3.8) is 0 Å². The van der Waals surface area contributed by atoms with Gasteiger partial charge in [-0.15, -0.1) is 0 Å². The largest absolute Gasteiger partial charge is 0.301 e. The fourth-order valence-corrected chi connectivity index (χ4v) is 2.23. The van der Waals surface area contributed by atoms with Crippen molar-refractivity contribution in [2.75, 3.05) is 13.1 Å². The minimum absolute atomic E-state index is 0.743. The van der Waals surface area contributed by atoms with E-state index in [0.29, 0.717) is 0 Å². The van der Waals surface area contributed by atoms with Gasteiger partial charge in [0.1, 0.15) is 0 Å². The van der Waals surface area contributed by atoms with Crippen LogP contribution in [0.2, 0.25) is 0 Å². The predicted molar refractivity (Wildman–Crippen MR) is 79.4 cm³/mol. The molecule has 0 spiro atoms. The third-order valence-electron chi connectivity index (χ3n) is 3.42. The number of hydrogen-bond acceptors (Lipinski definition) is 1. The second-order valence-corrected chi connectivity index (χ2v) is 6.88. The monoisotopic (exact) mass is 241 g/mol. The molecular formula is C16H35N. The molecule has 0 unspecified atom stereocenters. The maximum atomic E-state index is 2.71. The van der Waals surface area contributed by atoms with Crippen LogP contribution >= 0.6 is 0 Å². The van der Waals surface area contributed by atoms with Gasteiger partial charge < -0.3 is 4.90 Å². The van der Waals surface area contributed by atoms with E-state index in [2.05, 4.69) is 53.4 Å². The summed E-state index contributed by atoms with van der Waals surface area (Å²) in [5.41, 5.74) is 0. The molecule has 0 aliphatic carbocycles. The fraction of sp³-hybridized carbons (Fsp3) is 1.00. The summed E-state index contributed by atoms with van der Waals surface area (Å²) >= 11 is 0. The summed E-state index contributed by atoms with van der Waals surface area (Å²) in [4.78, 5) is 2.71. The van der Waals surface area contributed by atoms with Crippen molar-refractivity contribution in [3.8, 4) is 0 Å². The highest BCUT2D eigenvalue weighted by molar-refractivity contribution is 4.70. The molecule has 0 bridgehead atoms. The standard InChI is InChI=1S/C16H35N/c1-13(2)8-10-17(11-9-14(3)4)16(7)12-15(5)6/h13-16H,8-12H2,1-7H3/t16-/m1/s1. The lowest BCUT2D eigenvalue weighted by Gasteiger charge is -2.31. The smallest absolute Gasteiger partial charge is 0.00693 e. The van der Waals surface area contributed by atoms with Crippen LogP contribution in [0.3, 0.4) is 0 Å². The second kappa shape index (κ2) is 8.97. The molecule has 1 heteroatoms. The van der Waals surface area contributed by atoms with E-state index < -0.39 is 0 Å². The molecule has 0 heterocycles. The molecule has 0 aliphatic rings. The zero-order valence-corrected chi connectivity index (χ0v) is 13.3. The van der Waals surface area contributed by atoms with Crippen LogP contribution in [0.15, 0.2) is 0 Å². The quantitative estimate of drug-likeness (QED) is 0.559. The first-order valence-corrected chi connectivity index (χ1v) is 7.57. The van der Waals surface area contributed by atoms with Crippen molar-refractivity contribution in [1.82, 2.24) is 4.90 Å². The minimum Gasteiger partial charge on any atom is -0.301 e. The molecule has 104 valence electrons. The van der Waals surface area contributed by atoms with Crippen molar-refractivity contribution < 1.29 is 0 Å². The Labute approximate surface area is 110 Å². The van der Waals surface area contributed by atoms with E-state index in [-0.39, 0.29) is 0 Å². The SMILES string of the molecule is CC(C)CCN(CCC(C)C)[C@H](C)CC(C)C. The second-order valence-electron chi connectivity index (χ2n) is 6.88. The molecule has 17 heavy (non-hydrogen) atoms. The van der Waals surface area contributed by atoms with Gasteiger partial charge in [0.15, 0.2) is 0 Å². The van der Waals surface area contributed by atoms with Gasteiger partial charge in [-0.25, -0.2) is 0 Å². The van der Waals surface area contributed by atoms with Crippen molar-refractivity contribution >= 4 is 0 Å². The van der Waals surface area contributed by atoms with Gasteiger partial charge in [-0.1, -0.05) is 41.5 Å². The maximum Gasteiger partial charge on any atom is 0.00693 e. The lowest BCUT2D eigenvalue weighted by Crippen LogP contribution is -2.36. The van der Waals surface area contributed by atoms with E-state index in [0.717, 1.165) is 23.8 Å². The molecule has 0 saturated carbocycles. The Kier molecular flexibility index (Phi) is 8.94. The summed E-state index contributed by atoms with van der Waals surface area (Å²) in [5, 5.41) is 0. The lowest BCUT2D eigenvalue weighted by molar-refractivity contribution is 0.168. The lowest BCUT2D eigenvalue weighted by atomic mass is 10.0. The molecule has 0 radical (unpaired) electrons. The molecule has 0 aromatic heterocycles. The van der Waals surface area contributed by atoms with Crippen LogP contribution in [0.5, 0.6) is 0 Å². The van der Waals surface area contributed by atoms with Crippen LogP contribution in [-0.4, -0.2) is 24.0 Å². The molecular weight excluding hydrogens is 206 g/mol. The highest BCUT2D eigenvalue weighted by atomic mass is 15.1. The van der Waals surface area contributed by atoms with Gasteiger partial charge in [0.05, 0.1) is 0 Å². The van der Waals surface area contributed by atoms with Gasteiger partial charge >= 0.3 is 0 Å². The Morgan fingerprint density at radius 2 is 1.06 bits per heavy atom. The Hall–Kier alpha value is -0.0400. The highest BCUT2D eigenvalue weighted by Gasteiger charge is 2.15. The summed E-state index contributed by atoms with van der Waals surface area (Å²) in [6, 6.07) is 0.743. The van der Waals surface area contributed by atoms with Crippen molar-refractivity contribution in [2.45, 2.75) is 73.8 Å². The fourth-order valence-electron chi connectivity index (χ4n) is 2.23. The molecule has 0 amide bonds. The van der Waals surface area contributed by atoms with Gasteiger partial charge in [-0.05, 0) is 57.0 Å². The zero-order chi connectivity index (χ0) is 13.4. The Balaban J connectivity index is 4.17. The van der Waals surface area contributed by atoms with Gasteiger partial charge in [-0.2, -0.15) is 0 Å². The van der Waals surface area contributed by atoms with E-state index in [1.807, 2.05) is 0 Å². The first kappa shape index (κ1) is 17.0. The van der Waals surface area contributed by atoms with Crippen molar-refractivity contribution in [2.24, 2.45) is 17.8 Å². The average Bonchev–Trinajstić information content (AvgIpc) is 2.15.